The Balaban J connectivity index is 2.75. The number of aliphatic hydroxyl groups is 2. The van der Waals surface area contributed by atoms with Crippen molar-refractivity contribution in [1.29, 1.82) is 0 Å². The van der Waals surface area contributed by atoms with E-state index in [1.807, 2.05) is 0 Å². The van der Waals surface area contributed by atoms with Crippen molar-refractivity contribution < 1.29 is 15.0 Å². The van der Waals surface area contributed by atoms with Gasteiger partial charge in [-0.2, -0.15) is 0 Å². The highest BCUT2D eigenvalue weighted by molar-refractivity contribution is 9.10. The summed E-state index contributed by atoms with van der Waals surface area (Å²) in [6.07, 6.45) is 0. The Morgan fingerprint density at radius 1 is 1.28 bits per heavy atom. The Labute approximate surface area is 115 Å². The minimum Gasteiger partial charge on any atom is -0.396 e. The van der Waals surface area contributed by atoms with Gasteiger partial charge in [0.05, 0.1) is 13.2 Å². The van der Waals surface area contributed by atoms with Gasteiger partial charge < -0.3 is 15.1 Å². The normalized spacial score (nSPS) is 11.4. The van der Waals surface area contributed by atoms with Crippen molar-refractivity contribution in [2.75, 3.05) is 26.8 Å². The van der Waals surface area contributed by atoms with Crippen molar-refractivity contribution in [3.05, 3.63) is 34.3 Å². The van der Waals surface area contributed by atoms with Crippen LogP contribution in [-0.2, 0) is 0 Å². The van der Waals surface area contributed by atoms with Gasteiger partial charge in [0.1, 0.15) is 0 Å². The summed E-state index contributed by atoms with van der Waals surface area (Å²) in [5, 5.41) is 18.4. The molecule has 1 aromatic rings. The first-order chi connectivity index (χ1) is 8.41. The van der Waals surface area contributed by atoms with Crippen LogP contribution >= 0.6 is 15.9 Å². The van der Waals surface area contributed by atoms with Crippen molar-refractivity contribution in [1.82, 2.24) is 4.90 Å². The molecule has 4 nitrogen and oxygen atoms in total. The Morgan fingerprint density at radius 2 is 1.78 bits per heavy atom. The first-order valence-corrected chi connectivity index (χ1v) is 6.44. The van der Waals surface area contributed by atoms with Gasteiger partial charge in [-0.05, 0) is 24.3 Å². The fourth-order valence-electron chi connectivity index (χ4n) is 1.61. The van der Waals surface area contributed by atoms with E-state index in [0.717, 1.165) is 4.47 Å². The number of carbonyl (C=O) groups is 1. The number of benzene rings is 1. The molecule has 0 bridgehead atoms. The predicted molar refractivity (Wildman–Crippen MR) is 73.4 cm³/mol. The van der Waals surface area contributed by atoms with E-state index in [1.165, 1.54) is 4.90 Å². The smallest absolute Gasteiger partial charge is 0.253 e. The monoisotopic (exact) mass is 315 g/mol. The summed E-state index contributed by atoms with van der Waals surface area (Å²) in [6, 6.07) is 7.08. The van der Waals surface area contributed by atoms with Gasteiger partial charge in [0.15, 0.2) is 0 Å². The molecule has 2 N–H and O–H groups in total. The van der Waals surface area contributed by atoms with Crippen LogP contribution in [0.25, 0.3) is 0 Å². The van der Waals surface area contributed by atoms with Crippen molar-refractivity contribution >= 4 is 21.8 Å². The SMILES string of the molecule is CN(CC(C)(CO)CO)C(=O)c1ccc(Br)cc1. The molecule has 0 aromatic heterocycles. The Morgan fingerprint density at radius 3 is 2.22 bits per heavy atom. The molecule has 0 saturated carbocycles. The summed E-state index contributed by atoms with van der Waals surface area (Å²) in [5.41, 5.74) is -0.0984. The lowest BCUT2D eigenvalue weighted by Crippen LogP contribution is -2.41. The van der Waals surface area contributed by atoms with Crippen LogP contribution < -0.4 is 0 Å². The van der Waals surface area contributed by atoms with Gasteiger partial charge >= 0.3 is 0 Å². The standard InChI is InChI=1S/C13H18BrNO3/c1-13(8-16,9-17)7-15(2)12(18)10-3-5-11(14)6-4-10/h3-6,16-17H,7-9H2,1-2H3. The maximum absolute atomic E-state index is 12.1. The van der Waals surface area contributed by atoms with E-state index in [0.29, 0.717) is 12.1 Å². The third-order valence-corrected chi connectivity index (χ3v) is 3.35. The second-order valence-electron chi connectivity index (χ2n) is 4.79. The van der Waals surface area contributed by atoms with E-state index in [9.17, 15) is 15.0 Å². The minimum absolute atomic E-state index is 0.129. The van der Waals surface area contributed by atoms with E-state index in [2.05, 4.69) is 15.9 Å². The van der Waals surface area contributed by atoms with E-state index in [1.54, 1.807) is 38.2 Å². The van der Waals surface area contributed by atoms with E-state index in [-0.39, 0.29) is 19.1 Å². The first kappa shape index (κ1) is 15.1. The molecule has 18 heavy (non-hydrogen) atoms. The number of hydrogen-bond acceptors (Lipinski definition) is 3. The zero-order valence-corrected chi connectivity index (χ0v) is 12.1. The molecule has 0 radical (unpaired) electrons. The van der Waals surface area contributed by atoms with Crippen LogP contribution in [0, 0.1) is 5.41 Å². The number of halogens is 1. The van der Waals surface area contributed by atoms with Crippen molar-refractivity contribution in [3.8, 4) is 0 Å². The van der Waals surface area contributed by atoms with Crippen molar-refractivity contribution in [3.63, 3.8) is 0 Å². The number of aliphatic hydroxyl groups excluding tert-OH is 2. The zero-order chi connectivity index (χ0) is 13.8. The first-order valence-electron chi connectivity index (χ1n) is 5.64. The molecular weight excluding hydrogens is 298 g/mol. The van der Waals surface area contributed by atoms with E-state index >= 15 is 0 Å². The highest BCUT2D eigenvalue weighted by Gasteiger charge is 2.26. The summed E-state index contributed by atoms with van der Waals surface area (Å²) < 4.78 is 0.914. The number of rotatable bonds is 5. The largest absolute Gasteiger partial charge is 0.396 e. The van der Waals surface area contributed by atoms with Crippen LogP contribution in [0.2, 0.25) is 0 Å². The summed E-state index contributed by atoms with van der Waals surface area (Å²) >= 11 is 3.31. The highest BCUT2D eigenvalue weighted by Crippen LogP contribution is 2.18. The Kier molecular flexibility index (Phi) is 5.31. The fourth-order valence-corrected chi connectivity index (χ4v) is 1.87. The molecule has 1 rings (SSSR count). The Hall–Kier alpha value is -0.910. The van der Waals surface area contributed by atoms with Gasteiger partial charge in [0.25, 0.3) is 5.91 Å². The summed E-state index contributed by atoms with van der Waals surface area (Å²) in [7, 11) is 1.66. The van der Waals surface area contributed by atoms with Gasteiger partial charge in [-0.1, -0.05) is 22.9 Å². The van der Waals surface area contributed by atoms with Gasteiger partial charge in [0, 0.05) is 29.0 Å². The topological polar surface area (TPSA) is 60.8 Å². The second-order valence-corrected chi connectivity index (χ2v) is 5.71. The van der Waals surface area contributed by atoms with Crippen molar-refractivity contribution in [2.45, 2.75) is 6.92 Å². The second kappa shape index (κ2) is 6.31. The van der Waals surface area contributed by atoms with Gasteiger partial charge in [0.2, 0.25) is 0 Å². The third kappa shape index (κ3) is 3.80. The van der Waals surface area contributed by atoms with Crippen molar-refractivity contribution in [2.24, 2.45) is 5.41 Å². The minimum atomic E-state index is -0.681. The maximum atomic E-state index is 12.1. The summed E-state index contributed by atoms with van der Waals surface area (Å²) in [6.45, 7) is 1.70. The average Bonchev–Trinajstić information content (AvgIpc) is 2.38. The van der Waals surface area contributed by atoms with Crippen LogP contribution in [0.1, 0.15) is 17.3 Å². The molecule has 1 amide bonds. The van der Waals surface area contributed by atoms with Gasteiger partial charge in [-0.3, -0.25) is 4.79 Å². The zero-order valence-electron chi connectivity index (χ0n) is 10.6. The quantitative estimate of drug-likeness (QED) is 0.866. The average molecular weight is 316 g/mol. The number of amides is 1. The molecule has 0 aliphatic heterocycles. The lowest BCUT2D eigenvalue weighted by Gasteiger charge is -2.30. The molecule has 100 valence electrons. The molecule has 1 aromatic carbocycles. The van der Waals surface area contributed by atoms with Crippen LogP contribution in [0.5, 0.6) is 0 Å². The molecule has 0 heterocycles. The van der Waals surface area contributed by atoms with Gasteiger partial charge in [-0.25, -0.2) is 0 Å². The summed E-state index contributed by atoms with van der Waals surface area (Å²) in [5.74, 6) is -0.129. The molecule has 0 fully saturated rings. The molecule has 0 aliphatic carbocycles. The van der Waals surface area contributed by atoms with E-state index < -0.39 is 5.41 Å². The predicted octanol–water partition coefficient (Wildman–Crippen LogP) is 1.51. The van der Waals surface area contributed by atoms with Crippen LogP contribution in [0.15, 0.2) is 28.7 Å². The molecular formula is C13H18BrNO3. The van der Waals surface area contributed by atoms with Crippen LogP contribution in [0.4, 0.5) is 0 Å². The lowest BCUT2D eigenvalue weighted by atomic mass is 9.92. The molecule has 0 spiro atoms. The number of nitrogens with zero attached hydrogens (tertiary/aromatic N) is 1. The fraction of sp³-hybridized carbons (Fsp3) is 0.462. The molecule has 0 saturated heterocycles. The summed E-state index contributed by atoms with van der Waals surface area (Å²) in [4.78, 5) is 13.6. The lowest BCUT2D eigenvalue weighted by molar-refractivity contribution is 0.0366. The van der Waals surface area contributed by atoms with E-state index in [4.69, 9.17) is 0 Å². The third-order valence-electron chi connectivity index (χ3n) is 2.82. The van der Waals surface area contributed by atoms with Gasteiger partial charge in [-0.15, -0.1) is 0 Å². The Bertz CT molecular complexity index is 401. The maximum Gasteiger partial charge on any atom is 0.253 e. The number of carbonyl (C=O) groups excluding carboxylic acids is 1. The number of hydrogen-bond donors (Lipinski definition) is 2. The van der Waals surface area contributed by atoms with Crippen LogP contribution in [0.3, 0.4) is 0 Å². The molecule has 0 unspecified atom stereocenters. The molecule has 0 atom stereocenters. The molecule has 5 heteroatoms. The van der Waals surface area contributed by atoms with Crippen LogP contribution in [-0.4, -0.2) is 47.8 Å². The molecule has 0 aliphatic rings. The highest BCUT2D eigenvalue weighted by atomic mass is 79.9.